The first-order valence-electron chi connectivity index (χ1n) is 5.61. The quantitative estimate of drug-likeness (QED) is 0.824. The number of nitrogens with zero attached hydrogens (tertiary/aromatic N) is 1. The largest absolute Gasteiger partial charge is 0.493 e. The second kappa shape index (κ2) is 6.13. The van der Waals surface area contributed by atoms with Crippen molar-refractivity contribution in [2.75, 3.05) is 25.6 Å². The van der Waals surface area contributed by atoms with Crippen LogP contribution < -0.4 is 9.64 Å². The molecular weight excluding hydrogens is 218 g/mol. The van der Waals surface area contributed by atoms with Gasteiger partial charge in [0.2, 0.25) is 0 Å². The number of hydrogen-bond donors (Lipinski definition) is 1. The predicted molar refractivity (Wildman–Crippen MR) is 67.7 cm³/mol. The van der Waals surface area contributed by atoms with Crippen molar-refractivity contribution in [3.05, 3.63) is 24.3 Å². The zero-order chi connectivity index (χ0) is 12.8. The van der Waals surface area contributed by atoms with Crippen LogP contribution in [0.15, 0.2) is 24.3 Å². The lowest BCUT2D eigenvalue weighted by Gasteiger charge is -2.15. The topological polar surface area (TPSA) is 49.8 Å². The fraction of sp³-hybridized carbons (Fsp3) is 0.462. The molecule has 94 valence electrons. The van der Waals surface area contributed by atoms with Gasteiger partial charge in [0, 0.05) is 31.8 Å². The van der Waals surface area contributed by atoms with Crippen LogP contribution in [0.3, 0.4) is 0 Å². The highest BCUT2D eigenvalue weighted by atomic mass is 16.5. The van der Waals surface area contributed by atoms with Crippen LogP contribution in [0.2, 0.25) is 0 Å². The normalized spacial score (nSPS) is 11.9. The fourth-order valence-electron chi connectivity index (χ4n) is 1.45. The molecule has 0 saturated heterocycles. The van der Waals surface area contributed by atoms with Gasteiger partial charge in [-0.2, -0.15) is 0 Å². The average molecular weight is 237 g/mol. The van der Waals surface area contributed by atoms with Gasteiger partial charge >= 0.3 is 5.97 Å². The maximum atomic E-state index is 10.5. The Bertz CT molecular complexity index is 377. The smallest absolute Gasteiger partial charge is 0.303 e. The molecule has 0 aliphatic carbocycles. The molecule has 0 fully saturated rings. The second-order valence-electron chi connectivity index (χ2n) is 4.41. The van der Waals surface area contributed by atoms with E-state index in [-0.39, 0.29) is 12.3 Å². The summed E-state index contributed by atoms with van der Waals surface area (Å²) in [5, 5.41) is 8.64. The zero-order valence-electron chi connectivity index (χ0n) is 10.5. The minimum atomic E-state index is -0.789. The van der Waals surface area contributed by atoms with E-state index in [0.717, 1.165) is 11.4 Å². The first kappa shape index (κ1) is 13.4. The van der Waals surface area contributed by atoms with Gasteiger partial charge < -0.3 is 14.7 Å². The van der Waals surface area contributed by atoms with Crippen LogP contribution in [0.4, 0.5) is 5.69 Å². The first-order valence-corrected chi connectivity index (χ1v) is 5.61. The third-order valence-corrected chi connectivity index (χ3v) is 2.39. The van der Waals surface area contributed by atoms with E-state index in [0.29, 0.717) is 6.61 Å². The Balaban J connectivity index is 2.51. The Morgan fingerprint density at radius 2 is 2.18 bits per heavy atom. The summed E-state index contributed by atoms with van der Waals surface area (Å²) < 4.78 is 5.57. The van der Waals surface area contributed by atoms with Crippen molar-refractivity contribution in [1.82, 2.24) is 0 Å². The Morgan fingerprint density at radius 1 is 1.47 bits per heavy atom. The number of aliphatic carboxylic acids is 1. The van der Waals surface area contributed by atoms with E-state index < -0.39 is 5.97 Å². The number of carbonyl (C=O) groups is 1. The Hall–Kier alpha value is -1.71. The number of carboxylic acid groups (broad SMARTS) is 1. The first-order chi connectivity index (χ1) is 7.99. The van der Waals surface area contributed by atoms with Crippen LogP contribution in [0.25, 0.3) is 0 Å². The summed E-state index contributed by atoms with van der Waals surface area (Å²) in [4.78, 5) is 12.5. The number of anilines is 1. The molecule has 0 aliphatic rings. The fourth-order valence-corrected chi connectivity index (χ4v) is 1.45. The molecule has 4 heteroatoms. The molecular formula is C13H19NO3. The molecule has 1 atom stereocenters. The van der Waals surface area contributed by atoms with Gasteiger partial charge in [-0.15, -0.1) is 0 Å². The second-order valence-corrected chi connectivity index (χ2v) is 4.41. The van der Waals surface area contributed by atoms with E-state index in [1.165, 1.54) is 0 Å². The van der Waals surface area contributed by atoms with E-state index in [1.54, 1.807) is 0 Å². The van der Waals surface area contributed by atoms with Crippen LogP contribution in [0, 0.1) is 5.92 Å². The summed E-state index contributed by atoms with van der Waals surface area (Å²) in [5.41, 5.74) is 1.06. The molecule has 0 spiro atoms. The summed E-state index contributed by atoms with van der Waals surface area (Å²) in [6.45, 7) is 2.28. The molecule has 1 aromatic rings. The van der Waals surface area contributed by atoms with Crippen molar-refractivity contribution in [3.63, 3.8) is 0 Å². The van der Waals surface area contributed by atoms with E-state index in [2.05, 4.69) is 0 Å². The molecule has 1 N–H and O–H groups in total. The molecule has 0 radical (unpaired) electrons. The van der Waals surface area contributed by atoms with Gasteiger partial charge in [-0.05, 0) is 12.1 Å². The van der Waals surface area contributed by atoms with Crippen molar-refractivity contribution in [2.24, 2.45) is 5.92 Å². The van der Waals surface area contributed by atoms with Crippen LogP contribution in [-0.2, 0) is 4.79 Å². The molecule has 17 heavy (non-hydrogen) atoms. The third kappa shape index (κ3) is 4.76. The maximum Gasteiger partial charge on any atom is 0.303 e. The lowest BCUT2D eigenvalue weighted by Crippen LogP contribution is -2.13. The Morgan fingerprint density at radius 3 is 2.76 bits per heavy atom. The SMILES string of the molecule is CC(COc1cccc(N(C)C)c1)CC(=O)O. The highest BCUT2D eigenvalue weighted by Crippen LogP contribution is 2.20. The zero-order valence-corrected chi connectivity index (χ0v) is 10.5. The molecule has 0 saturated carbocycles. The maximum absolute atomic E-state index is 10.5. The molecule has 1 aromatic carbocycles. The number of hydrogen-bond acceptors (Lipinski definition) is 3. The number of ether oxygens (including phenoxy) is 1. The van der Waals surface area contributed by atoms with E-state index in [1.807, 2.05) is 50.2 Å². The third-order valence-electron chi connectivity index (χ3n) is 2.39. The van der Waals surface area contributed by atoms with E-state index in [9.17, 15) is 4.79 Å². The highest BCUT2D eigenvalue weighted by molar-refractivity contribution is 5.66. The minimum absolute atomic E-state index is 0.00973. The van der Waals surface area contributed by atoms with Crippen LogP contribution in [0.1, 0.15) is 13.3 Å². The van der Waals surface area contributed by atoms with Gasteiger partial charge in [0.15, 0.2) is 0 Å². The van der Waals surface area contributed by atoms with Gasteiger partial charge in [0.1, 0.15) is 5.75 Å². The molecule has 0 heterocycles. The number of rotatable bonds is 6. The van der Waals surface area contributed by atoms with Gasteiger partial charge in [0.05, 0.1) is 13.0 Å². The lowest BCUT2D eigenvalue weighted by atomic mass is 10.1. The van der Waals surface area contributed by atoms with Crippen molar-refractivity contribution < 1.29 is 14.6 Å². The van der Waals surface area contributed by atoms with Gasteiger partial charge in [-0.25, -0.2) is 0 Å². The number of carboxylic acids is 1. The standard InChI is InChI=1S/C13H19NO3/c1-10(7-13(15)16)9-17-12-6-4-5-11(8-12)14(2)3/h4-6,8,10H,7,9H2,1-3H3,(H,15,16). The molecule has 0 amide bonds. The summed E-state index contributed by atoms with van der Waals surface area (Å²) in [6.07, 6.45) is 0.132. The monoisotopic (exact) mass is 237 g/mol. The van der Waals surface area contributed by atoms with Crippen molar-refractivity contribution in [1.29, 1.82) is 0 Å². The molecule has 0 aliphatic heterocycles. The molecule has 4 nitrogen and oxygen atoms in total. The summed E-state index contributed by atoms with van der Waals surface area (Å²) in [6, 6.07) is 7.73. The van der Waals surface area contributed by atoms with Crippen molar-refractivity contribution in [2.45, 2.75) is 13.3 Å². The Kier molecular flexibility index (Phi) is 4.82. The lowest BCUT2D eigenvalue weighted by molar-refractivity contribution is -0.138. The number of benzene rings is 1. The van der Waals surface area contributed by atoms with E-state index in [4.69, 9.17) is 9.84 Å². The van der Waals surface area contributed by atoms with Crippen LogP contribution in [-0.4, -0.2) is 31.8 Å². The molecule has 1 rings (SSSR count). The summed E-state index contributed by atoms with van der Waals surface area (Å²) >= 11 is 0. The van der Waals surface area contributed by atoms with Gasteiger partial charge in [0.25, 0.3) is 0 Å². The van der Waals surface area contributed by atoms with Gasteiger partial charge in [-0.1, -0.05) is 13.0 Å². The Labute approximate surface area is 102 Å². The van der Waals surface area contributed by atoms with E-state index >= 15 is 0 Å². The predicted octanol–water partition coefficient (Wildman–Crippen LogP) is 2.24. The van der Waals surface area contributed by atoms with Crippen molar-refractivity contribution in [3.8, 4) is 5.75 Å². The molecule has 0 aromatic heterocycles. The minimum Gasteiger partial charge on any atom is -0.493 e. The average Bonchev–Trinajstić information content (AvgIpc) is 2.26. The van der Waals surface area contributed by atoms with Gasteiger partial charge in [-0.3, -0.25) is 4.79 Å². The van der Waals surface area contributed by atoms with Crippen LogP contribution in [0.5, 0.6) is 5.75 Å². The molecule has 0 bridgehead atoms. The summed E-state index contributed by atoms with van der Waals surface area (Å²) in [5.74, 6) is -0.00732. The summed E-state index contributed by atoms with van der Waals surface area (Å²) in [7, 11) is 3.93. The van der Waals surface area contributed by atoms with Crippen LogP contribution >= 0.6 is 0 Å². The molecule has 1 unspecified atom stereocenters. The highest BCUT2D eigenvalue weighted by Gasteiger charge is 2.08. The van der Waals surface area contributed by atoms with Crippen molar-refractivity contribution >= 4 is 11.7 Å².